The molecule has 22 heavy (non-hydrogen) atoms. The number of benzene rings is 1. The second-order valence-corrected chi connectivity index (χ2v) is 6.15. The van der Waals surface area contributed by atoms with Gasteiger partial charge in [0.1, 0.15) is 5.54 Å². The predicted octanol–water partition coefficient (Wildman–Crippen LogP) is 2.20. The van der Waals surface area contributed by atoms with Crippen LogP contribution >= 0.6 is 0 Å². The van der Waals surface area contributed by atoms with Gasteiger partial charge in [-0.25, -0.2) is 4.79 Å². The van der Waals surface area contributed by atoms with Gasteiger partial charge in [0.05, 0.1) is 19.1 Å². The van der Waals surface area contributed by atoms with Crippen LogP contribution in [-0.4, -0.2) is 29.1 Å². The van der Waals surface area contributed by atoms with Crippen LogP contribution in [0.4, 0.5) is 0 Å². The molecule has 2 aliphatic rings. The Bertz CT molecular complexity index is 578. The Labute approximate surface area is 129 Å². The van der Waals surface area contributed by atoms with Crippen molar-refractivity contribution in [2.75, 3.05) is 6.61 Å². The predicted molar refractivity (Wildman–Crippen MR) is 80.4 cm³/mol. The third kappa shape index (κ3) is 2.86. The molecule has 1 aromatic carbocycles. The Hall–Kier alpha value is -1.88. The van der Waals surface area contributed by atoms with E-state index < -0.39 is 11.5 Å². The number of carbonyl (C=O) groups is 2. The monoisotopic (exact) mass is 303 g/mol. The number of aliphatic carboxylic acids is 1. The highest BCUT2D eigenvalue weighted by atomic mass is 16.5. The molecule has 1 atom stereocenters. The van der Waals surface area contributed by atoms with Crippen molar-refractivity contribution in [2.24, 2.45) is 0 Å². The number of carboxylic acid groups (broad SMARTS) is 1. The van der Waals surface area contributed by atoms with Crippen LogP contribution in [0.1, 0.15) is 49.3 Å². The van der Waals surface area contributed by atoms with Crippen molar-refractivity contribution < 1.29 is 19.4 Å². The van der Waals surface area contributed by atoms with Gasteiger partial charge in [0, 0.05) is 0 Å². The third-order valence-electron chi connectivity index (χ3n) is 4.71. The normalized spacial score (nSPS) is 22.8. The molecule has 0 spiro atoms. The molecule has 1 aliphatic carbocycles. The van der Waals surface area contributed by atoms with Crippen molar-refractivity contribution in [1.29, 1.82) is 0 Å². The van der Waals surface area contributed by atoms with Gasteiger partial charge in [0.25, 0.3) is 0 Å². The molecule has 2 N–H and O–H groups in total. The van der Waals surface area contributed by atoms with Gasteiger partial charge in [-0.05, 0) is 30.4 Å². The van der Waals surface area contributed by atoms with E-state index in [2.05, 4.69) is 11.4 Å². The molecule has 0 radical (unpaired) electrons. The molecule has 1 unspecified atom stereocenters. The van der Waals surface area contributed by atoms with Crippen LogP contribution in [0.5, 0.6) is 0 Å². The second-order valence-electron chi connectivity index (χ2n) is 6.15. The molecule has 0 aromatic heterocycles. The van der Waals surface area contributed by atoms with Gasteiger partial charge in [-0.3, -0.25) is 4.79 Å². The largest absolute Gasteiger partial charge is 0.480 e. The van der Waals surface area contributed by atoms with Gasteiger partial charge >= 0.3 is 5.97 Å². The standard InChI is InChI=1S/C17H21NO4/c19-15(18-17(16(20)21)8-3-4-9-17)11-14-13-6-2-1-5-12(13)7-10-22-14/h1-2,5-6,14H,3-4,7-11H2,(H,18,19)(H,20,21). The number of nitrogens with one attached hydrogen (secondary N) is 1. The van der Waals surface area contributed by atoms with E-state index in [1.165, 1.54) is 5.56 Å². The fraction of sp³-hybridized carbons (Fsp3) is 0.529. The first-order valence-corrected chi connectivity index (χ1v) is 7.84. The SMILES string of the molecule is O=C(CC1OCCc2ccccc21)NC1(C(=O)O)CCCC1. The van der Waals surface area contributed by atoms with E-state index in [0.717, 1.165) is 24.8 Å². The number of amides is 1. The number of ether oxygens (including phenoxy) is 1. The topological polar surface area (TPSA) is 75.6 Å². The summed E-state index contributed by atoms with van der Waals surface area (Å²) in [5.74, 6) is -1.17. The number of carboxylic acids is 1. The Morgan fingerprint density at radius 3 is 2.73 bits per heavy atom. The molecule has 1 aromatic rings. The summed E-state index contributed by atoms with van der Waals surface area (Å²) in [7, 11) is 0. The van der Waals surface area contributed by atoms with Gasteiger partial charge in [0.15, 0.2) is 0 Å². The average Bonchev–Trinajstić information content (AvgIpc) is 2.97. The van der Waals surface area contributed by atoms with Gasteiger partial charge in [-0.15, -0.1) is 0 Å². The summed E-state index contributed by atoms with van der Waals surface area (Å²) in [6.45, 7) is 0.596. The maximum absolute atomic E-state index is 12.3. The molecule has 1 aliphatic heterocycles. The molecule has 5 heteroatoms. The zero-order valence-corrected chi connectivity index (χ0v) is 12.5. The molecule has 5 nitrogen and oxygen atoms in total. The van der Waals surface area contributed by atoms with Crippen LogP contribution < -0.4 is 5.32 Å². The van der Waals surface area contributed by atoms with Crippen molar-refractivity contribution >= 4 is 11.9 Å². The summed E-state index contributed by atoms with van der Waals surface area (Å²) in [4.78, 5) is 23.8. The number of fused-ring (bicyclic) bond motifs is 1. The van der Waals surface area contributed by atoms with Crippen LogP contribution in [0.15, 0.2) is 24.3 Å². The molecular formula is C17H21NO4. The molecule has 1 amide bonds. The van der Waals surface area contributed by atoms with Gasteiger partial charge in [-0.1, -0.05) is 37.1 Å². The maximum atomic E-state index is 12.3. The number of hydrogen-bond donors (Lipinski definition) is 2. The highest BCUT2D eigenvalue weighted by molar-refractivity contribution is 5.87. The van der Waals surface area contributed by atoms with Gasteiger partial charge in [0.2, 0.25) is 5.91 Å². The summed E-state index contributed by atoms with van der Waals surface area (Å²) >= 11 is 0. The summed E-state index contributed by atoms with van der Waals surface area (Å²) < 4.78 is 5.72. The van der Waals surface area contributed by atoms with E-state index in [-0.39, 0.29) is 18.4 Å². The van der Waals surface area contributed by atoms with Crippen molar-refractivity contribution in [3.8, 4) is 0 Å². The molecule has 3 rings (SSSR count). The van der Waals surface area contributed by atoms with Crippen molar-refractivity contribution in [1.82, 2.24) is 5.32 Å². The van der Waals surface area contributed by atoms with Crippen LogP contribution in [0.3, 0.4) is 0 Å². The average molecular weight is 303 g/mol. The Balaban J connectivity index is 1.69. The molecular weight excluding hydrogens is 282 g/mol. The first-order chi connectivity index (χ1) is 10.6. The lowest BCUT2D eigenvalue weighted by molar-refractivity contribution is -0.148. The van der Waals surface area contributed by atoms with E-state index in [1.807, 2.05) is 18.2 Å². The minimum Gasteiger partial charge on any atom is -0.480 e. The zero-order chi connectivity index (χ0) is 15.6. The summed E-state index contributed by atoms with van der Waals surface area (Å²) in [5, 5.41) is 12.2. The summed E-state index contributed by atoms with van der Waals surface area (Å²) in [5.41, 5.74) is 1.17. The Morgan fingerprint density at radius 2 is 2.00 bits per heavy atom. The lowest BCUT2D eigenvalue weighted by Gasteiger charge is -2.29. The van der Waals surface area contributed by atoms with Crippen LogP contribution in [-0.2, 0) is 20.7 Å². The Kier molecular flexibility index (Phi) is 4.16. The summed E-state index contributed by atoms with van der Waals surface area (Å²) in [6.07, 6.45) is 3.45. The number of rotatable bonds is 4. The lowest BCUT2D eigenvalue weighted by Crippen LogP contribution is -2.52. The maximum Gasteiger partial charge on any atom is 0.329 e. The van der Waals surface area contributed by atoms with Gasteiger partial charge < -0.3 is 15.2 Å². The number of carbonyl (C=O) groups excluding carboxylic acids is 1. The molecule has 1 saturated carbocycles. The van der Waals surface area contributed by atoms with Crippen molar-refractivity contribution in [2.45, 2.75) is 50.2 Å². The molecule has 1 fully saturated rings. The first kappa shape index (κ1) is 15.0. The highest BCUT2D eigenvalue weighted by Gasteiger charge is 2.42. The third-order valence-corrected chi connectivity index (χ3v) is 4.71. The van der Waals surface area contributed by atoms with Crippen molar-refractivity contribution in [3.05, 3.63) is 35.4 Å². The molecule has 0 bridgehead atoms. The van der Waals surface area contributed by atoms with Crippen molar-refractivity contribution in [3.63, 3.8) is 0 Å². The highest BCUT2D eigenvalue weighted by Crippen LogP contribution is 2.32. The quantitative estimate of drug-likeness (QED) is 0.894. The first-order valence-electron chi connectivity index (χ1n) is 7.84. The fourth-order valence-corrected chi connectivity index (χ4v) is 3.50. The van der Waals surface area contributed by atoms with E-state index in [1.54, 1.807) is 0 Å². The zero-order valence-electron chi connectivity index (χ0n) is 12.5. The second kappa shape index (κ2) is 6.08. The minimum atomic E-state index is -1.08. The van der Waals surface area contributed by atoms with E-state index in [0.29, 0.717) is 19.4 Å². The van der Waals surface area contributed by atoms with E-state index in [9.17, 15) is 14.7 Å². The van der Waals surface area contributed by atoms with Gasteiger partial charge in [-0.2, -0.15) is 0 Å². The molecule has 1 heterocycles. The van der Waals surface area contributed by atoms with Crippen LogP contribution in [0.25, 0.3) is 0 Å². The summed E-state index contributed by atoms with van der Waals surface area (Å²) in [6, 6.07) is 7.96. The van der Waals surface area contributed by atoms with E-state index >= 15 is 0 Å². The number of hydrogen-bond acceptors (Lipinski definition) is 3. The van der Waals surface area contributed by atoms with E-state index in [4.69, 9.17) is 4.74 Å². The lowest BCUT2D eigenvalue weighted by atomic mass is 9.94. The Morgan fingerprint density at radius 1 is 1.27 bits per heavy atom. The molecule has 0 saturated heterocycles. The van der Waals surface area contributed by atoms with Crippen LogP contribution in [0, 0.1) is 0 Å². The minimum absolute atomic E-state index is 0.173. The smallest absolute Gasteiger partial charge is 0.329 e. The fourth-order valence-electron chi connectivity index (χ4n) is 3.50. The molecule has 118 valence electrons. The van der Waals surface area contributed by atoms with Crippen LogP contribution in [0.2, 0.25) is 0 Å².